The number of ether oxygens (including phenoxy) is 2. The summed E-state index contributed by atoms with van der Waals surface area (Å²) >= 11 is 0. The number of benzene rings is 1. The van der Waals surface area contributed by atoms with Crippen LogP contribution in [0.4, 0.5) is 5.69 Å². The van der Waals surface area contributed by atoms with Crippen molar-refractivity contribution in [3.05, 3.63) is 18.2 Å². The van der Waals surface area contributed by atoms with Gasteiger partial charge in [-0.05, 0) is 18.6 Å². The molecule has 0 heterocycles. The number of rotatable bonds is 8. The smallest absolute Gasteiger partial charge is 0.240 e. The van der Waals surface area contributed by atoms with Gasteiger partial charge in [0.2, 0.25) is 11.8 Å². The van der Waals surface area contributed by atoms with Crippen LogP contribution in [-0.2, 0) is 9.59 Å². The van der Waals surface area contributed by atoms with Crippen LogP contribution in [0.15, 0.2) is 18.2 Å². The average molecular weight is 308 g/mol. The first-order chi connectivity index (χ1) is 10.5. The Morgan fingerprint density at radius 3 is 2.50 bits per heavy atom. The van der Waals surface area contributed by atoms with E-state index in [0.29, 0.717) is 23.7 Å². The second-order valence-corrected chi connectivity index (χ2v) is 4.85. The lowest BCUT2D eigenvalue weighted by Crippen LogP contribution is -2.40. The van der Waals surface area contributed by atoms with Crippen LogP contribution in [0.3, 0.4) is 0 Å². The third-order valence-electron chi connectivity index (χ3n) is 3.21. The molecule has 1 aromatic rings. The van der Waals surface area contributed by atoms with Crippen molar-refractivity contribution < 1.29 is 19.1 Å². The normalized spacial score (nSPS) is 10.0. The van der Waals surface area contributed by atoms with Gasteiger partial charge in [-0.1, -0.05) is 13.3 Å². The quantitative estimate of drug-likeness (QED) is 0.746. The molecule has 0 radical (unpaired) electrons. The molecule has 0 atom stereocenters. The van der Waals surface area contributed by atoms with E-state index in [2.05, 4.69) is 12.2 Å². The topological polar surface area (TPSA) is 67.9 Å². The molecular weight excluding hydrogens is 284 g/mol. The van der Waals surface area contributed by atoms with Gasteiger partial charge < -0.3 is 14.8 Å². The van der Waals surface area contributed by atoms with Crippen molar-refractivity contribution >= 4 is 17.5 Å². The van der Waals surface area contributed by atoms with Crippen LogP contribution in [0.1, 0.15) is 26.7 Å². The molecule has 1 aromatic carbocycles. The van der Waals surface area contributed by atoms with E-state index in [-0.39, 0.29) is 18.4 Å². The molecule has 0 saturated carbocycles. The van der Waals surface area contributed by atoms with E-state index in [1.807, 2.05) is 0 Å². The summed E-state index contributed by atoms with van der Waals surface area (Å²) in [6, 6.07) is 5.13. The highest BCUT2D eigenvalue weighted by atomic mass is 16.5. The lowest BCUT2D eigenvalue weighted by molar-refractivity contribution is -0.123. The van der Waals surface area contributed by atoms with E-state index in [4.69, 9.17) is 9.47 Å². The van der Waals surface area contributed by atoms with Crippen LogP contribution >= 0.6 is 0 Å². The van der Waals surface area contributed by atoms with E-state index in [9.17, 15) is 9.59 Å². The largest absolute Gasteiger partial charge is 0.497 e. The molecule has 1 N–H and O–H groups in total. The molecule has 0 unspecified atom stereocenters. The van der Waals surface area contributed by atoms with E-state index in [1.54, 1.807) is 25.3 Å². The zero-order chi connectivity index (χ0) is 16.5. The van der Waals surface area contributed by atoms with Gasteiger partial charge in [0.1, 0.15) is 18.0 Å². The highest BCUT2D eigenvalue weighted by Crippen LogP contribution is 2.32. The number of methoxy groups -OCH3 is 2. The monoisotopic (exact) mass is 308 g/mol. The standard InChI is InChI=1S/C16H24N2O4/c1-5-6-9-17-16(20)11-18(12(2)19)14-10-13(21-3)7-8-15(14)22-4/h7-8,10H,5-6,9,11H2,1-4H3,(H,17,20). The summed E-state index contributed by atoms with van der Waals surface area (Å²) in [5.41, 5.74) is 0.514. The van der Waals surface area contributed by atoms with E-state index >= 15 is 0 Å². The fourth-order valence-electron chi connectivity index (χ4n) is 1.98. The van der Waals surface area contributed by atoms with Gasteiger partial charge in [0.05, 0.1) is 19.9 Å². The minimum Gasteiger partial charge on any atom is -0.497 e. The number of carbonyl (C=O) groups excluding carboxylic acids is 2. The number of anilines is 1. The first-order valence-corrected chi connectivity index (χ1v) is 7.30. The summed E-state index contributed by atoms with van der Waals surface area (Å²) in [6.07, 6.45) is 1.91. The zero-order valence-corrected chi connectivity index (χ0v) is 13.6. The molecular formula is C16H24N2O4. The summed E-state index contributed by atoms with van der Waals surface area (Å²) in [7, 11) is 3.06. The Morgan fingerprint density at radius 1 is 1.23 bits per heavy atom. The maximum atomic E-state index is 12.0. The van der Waals surface area contributed by atoms with Crippen molar-refractivity contribution in [2.75, 3.05) is 32.2 Å². The van der Waals surface area contributed by atoms with E-state index in [1.165, 1.54) is 18.9 Å². The number of nitrogens with zero attached hydrogens (tertiary/aromatic N) is 1. The summed E-state index contributed by atoms with van der Waals surface area (Å²) in [5.74, 6) is 0.663. The fraction of sp³-hybridized carbons (Fsp3) is 0.500. The highest BCUT2D eigenvalue weighted by Gasteiger charge is 2.20. The Morgan fingerprint density at radius 2 is 1.95 bits per heavy atom. The molecule has 122 valence electrons. The second-order valence-electron chi connectivity index (χ2n) is 4.85. The highest BCUT2D eigenvalue weighted by molar-refractivity contribution is 5.98. The minimum atomic E-state index is -0.239. The molecule has 6 heteroatoms. The number of nitrogens with one attached hydrogen (secondary N) is 1. The third kappa shape index (κ3) is 4.95. The van der Waals surface area contributed by atoms with Gasteiger partial charge in [-0.25, -0.2) is 0 Å². The molecule has 0 spiro atoms. The Balaban J connectivity index is 2.95. The van der Waals surface area contributed by atoms with Gasteiger partial charge in [-0.3, -0.25) is 14.5 Å². The minimum absolute atomic E-state index is 0.0530. The van der Waals surface area contributed by atoms with Crippen molar-refractivity contribution in [1.82, 2.24) is 5.32 Å². The van der Waals surface area contributed by atoms with E-state index in [0.717, 1.165) is 12.8 Å². The molecule has 0 aliphatic rings. The van der Waals surface area contributed by atoms with Gasteiger partial charge >= 0.3 is 0 Å². The fourth-order valence-corrected chi connectivity index (χ4v) is 1.98. The molecule has 0 aromatic heterocycles. The van der Waals surface area contributed by atoms with Crippen molar-refractivity contribution in [3.8, 4) is 11.5 Å². The zero-order valence-electron chi connectivity index (χ0n) is 13.6. The van der Waals surface area contributed by atoms with Gasteiger partial charge in [0.15, 0.2) is 0 Å². The maximum Gasteiger partial charge on any atom is 0.240 e. The Kier molecular flexibility index (Phi) is 7.22. The van der Waals surface area contributed by atoms with Crippen LogP contribution in [0.2, 0.25) is 0 Å². The predicted octanol–water partition coefficient (Wildman–Crippen LogP) is 1.97. The number of hydrogen-bond acceptors (Lipinski definition) is 4. The lowest BCUT2D eigenvalue weighted by atomic mass is 10.2. The Hall–Kier alpha value is -2.24. The number of hydrogen-bond donors (Lipinski definition) is 1. The van der Waals surface area contributed by atoms with Crippen LogP contribution in [0, 0.1) is 0 Å². The van der Waals surface area contributed by atoms with Gasteiger partial charge in [0, 0.05) is 19.5 Å². The van der Waals surface area contributed by atoms with Crippen molar-refractivity contribution in [3.63, 3.8) is 0 Å². The second kappa shape index (κ2) is 8.92. The third-order valence-corrected chi connectivity index (χ3v) is 3.21. The number of amides is 2. The molecule has 0 aliphatic carbocycles. The molecule has 0 saturated heterocycles. The first-order valence-electron chi connectivity index (χ1n) is 7.30. The van der Waals surface area contributed by atoms with Crippen LogP contribution in [0.5, 0.6) is 11.5 Å². The SMILES string of the molecule is CCCCNC(=O)CN(C(C)=O)c1cc(OC)ccc1OC. The average Bonchev–Trinajstić information content (AvgIpc) is 2.52. The van der Waals surface area contributed by atoms with Crippen LogP contribution in [-0.4, -0.2) is 39.1 Å². The Bertz CT molecular complexity index is 517. The Labute approximate surface area is 131 Å². The number of carbonyl (C=O) groups is 2. The molecule has 22 heavy (non-hydrogen) atoms. The summed E-state index contributed by atoms with van der Waals surface area (Å²) in [6.45, 7) is 4.02. The lowest BCUT2D eigenvalue weighted by Gasteiger charge is -2.23. The molecule has 1 rings (SSSR count). The van der Waals surface area contributed by atoms with Crippen molar-refractivity contribution in [1.29, 1.82) is 0 Å². The van der Waals surface area contributed by atoms with Gasteiger partial charge in [0.25, 0.3) is 0 Å². The van der Waals surface area contributed by atoms with Crippen molar-refractivity contribution in [2.24, 2.45) is 0 Å². The van der Waals surface area contributed by atoms with Crippen molar-refractivity contribution in [2.45, 2.75) is 26.7 Å². The first kappa shape index (κ1) is 17.8. The van der Waals surface area contributed by atoms with E-state index < -0.39 is 0 Å². The summed E-state index contributed by atoms with van der Waals surface area (Å²) in [5, 5.41) is 2.80. The molecule has 0 fully saturated rings. The molecule has 2 amide bonds. The summed E-state index contributed by atoms with van der Waals surface area (Å²) < 4.78 is 10.4. The van der Waals surface area contributed by atoms with Crippen LogP contribution in [0.25, 0.3) is 0 Å². The molecule has 6 nitrogen and oxygen atoms in total. The maximum absolute atomic E-state index is 12.0. The van der Waals surface area contributed by atoms with Gasteiger partial charge in [-0.15, -0.1) is 0 Å². The van der Waals surface area contributed by atoms with Gasteiger partial charge in [-0.2, -0.15) is 0 Å². The number of unbranched alkanes of at least 4 members (excludes halogenated alkanes) is 1. The molecule has 0 aliphatic heterocycles. The molecule has 0 bridgehead atoms. The predicted molar refractivity (Wildman–Crippen MR) is 85.5 cm³/mol. The summed E-state index contributed by atoms with van der Waals surface area (Å²) in [4.78, 5) is 25.3. The van der Waals surface area contributed by atoms with Crippen LogP contribution < -0.4 is 19.7 Å².